The lowest BCUT2D eigenvalue weighted by Gasteiger charge is -2.26. The van der Waals surface area contributed by atoms with Crippen molar-refractivity contribution < 1.29 is 38.1 Å². The molecule has 0 aromatic heterocycles. The van der Waals surface area contributed by atoms with Crippen LogP contribution in [0.3, 0.4) is 0 Å². The van der Waals surface area contributed by atoms with Gasteiger partial charge in [-0.05, 0) is 130 Å². The Kier molecular flexibility index (Phi) is 46.6. The first-order chi connectivity index (χ1) is 33.0. The third kappa shape index (κ3) is 42.5. The topological polar surface area (TPSA) is 112 Å². The highest BCUT2D eigenvalue weighted by molar-refractivity contribution is 5.72. The molecule has 0 aliphatic heterocycles. The minimum absolute atomic E-state index is 0.0289. The molecule has 0 rings (SSSR count). The molecule has 0 spiro atoms. The molecular weight excluding hydrogens is 853 g/mol. The highest BCUT2D eigenvalue weighted by Crippen LogP contribution is 2.22. The fraction of sp³-hybridized carbons (Fsp3) is 0.931. The number of nitrogens with zero attached hydrogens (tertiary/aromatic N) is 2. The Morgan fingerprint density at radius 2 is 0.676 bits per heavy atom. The van der Waals surface area contributed by atoms with E-state index in [1.807, 2.05) is 27.9 Å². The fourth-order valence-corrected chi connectivity index (χ4v) is 8.85. The molecule has 0 saturated heterocycles. The van der Waals surface area contributed by atoms with Crippen molar-refractivity contribution in [3.63, 3.8) is 0 Å². The van der Waals surface area contributed by atoms with E-state index in [1.165, 1.54) is 77.0 Å². The van der Waals surface area contributed by atoms with Crippen LogP contribution in [0.4, 0.5) is 4.79 Å². The summed E-state index contributed by atoms with van der Waals surface area (Å²) >= 11 is 0. The lowest BCUT2D eigenvalue weighted by molar-refractivity contribution is -0.151. The van der Waals surface area contributed by atoms with E-state index in [-0.39, 0.29) is 61.4 Å². The Hall–Kier alpha value is -2.36. The number of esters is 3. The molecule has 10 nitrogen and oxygen atoms in total. The van der Waals surface area contributed by atoms with E-state index in [9.17, 15) is 19.2 Å². The van der Waals surface area contributed by atoms with Crippen molar-refractivity contribution in [2.75, 3.05) is 33.7 Å². The first kappa shape index (κ1) is 65.6. The molecule has 10 heteroatoms. The van der Waals surface area contributed by atoms with Gasteiger partial charge in [-0.1, -0.05) is 163 Å². The average molecular weight is 966 g/mol. The van der Waals surface area contributed by atoms with Crippen molar-refractivity contribution >= 4 is 24.0 Å². The number of carbonyl (C=O) groups excluding carboxylic acids is 4. The van der Waals surface area contributed by atoms with Crippen LogP contribution in [-0.4, -0.2) is 91.9 Å². The van der Waals surface area contributed by atoms with Gasteiger partial charge < -0.3 is 28.7 Å². The van der Waals surface area contributed by atoms with E-state index in [0.29, 0.717) is 19.4 Å². The molecule has 0 N–H and O–H groups in total. The van der Waals surface area contributed by atoms with E-state index in [1.54, 1.807) is 4.90 Å². The second-order valence-electron chi connectivity index (χ2n) is 20.5. The third-order valence-corrected chi connectivity index (χ3v) is 13.5. The summed E-state index contributed by atoms with van der Waals surface area (Å²) in [6.45, 7) is 14.5. The van der Waals surface area contributed by atoms with Crippen molar-refractivity contribution in [3.05, 3.63) is 0 Å². The average Bonchev–Trinajstić information content (AvgIpc) is 3.31. The minimum atomic E-state index is -0.336. The number of hydrogen-bond acceptors (Lipinski definition) is 9. The predicted molar refractivity (Wildman–Crippen MR) is 284 cm³/mol. The van der Waals surface area contributed by atoms with Crippen molar-refractivity contribution in [1.29, 1.82) is 0 Å². The van der Waals surface area contributed by atoms with Crippen molar-refractivity contribution in [3.8, 4) is 0 Å². The Morgan fingerprint density at radius 1 is 0.353 bits per heavy atom. The zero-order valence-electron chi connectivity index (χ0n) is 46.2. The van der Waals surface area contributed by atoms with Crippen LogP contribution in [0.5, 0.6) is 0 Å². The van der Waals surface area contributed by atoms with Gasteiger partial charge in [0.05, 0.1) is 12.5 Å². The normalized spacial score (nSPS) is 12.1. The SMILES string of the molecule is CCCCCCC(CCCCCC)OC(=O)CCCCCCCCC(CCCCCCCCC(=O)OC(CCCCCC)CCCCCC)OC(=O)N(CCCN(C)C)CCC(=O)OC(C)CC. The van der Waals surface area contributed by atoms with Crippen molar-refractivity contribution in [2.45, 2.75) is 316 Å². The summed E-state index contributed by atoms with van der Waals surface area (Å²) in [6, 6.07) is 0. The monoisotopic (exact) mass is 965 g/mol. The Balaban J connectivity index is 5.12. The van der Waals surface area contributed by atoms with Gasteiger partial charge in [0.1, 0.15) is 18.3 Å². The molecule has 402 valence electrons. The molecule has 0 aliphatic carbocycles. The number of carbonyl (C=O) groups is 4. The number of unbranched alkanes of at least 4 members (excludes halogenated alkanes) is 22. The summed E-state index contributed by atoms with van der Waals surface area (Å²) in [5.74, 6) is -0.340. The zero-order valence-corrected chi connectivity index (χ0v) is 46.2. The van der Waals surface area contributed by atoms with Gasteiger partial charge >= 0.3 is 24.0 Å². The first-order valence-corrected chi connectivity index (χ1v) is 29.2. The lowest BCUT2D eigenvalue weighted by Crippen LogP contribution is -2.38. The van der Waals surface area contributed by atoms with Gasteiger partial charge in [0.25, 0.3) is 0 Å². The van der Waals surface area contributed by atoms with E-state index >= 15 is 0 Å². The van der Waals surface area contributed by atoms with Gasteiger partial charge in [-0.25, -0.2) is 4.79 Å². The highest BCUT2D eigenvalue weighted by Gasteiger charge is 2.22. The molecule has 0 saturated carbocycles. The summed E-state index contributed by atoms with van der Waals surface area (Å²) in [6.07, 6.45) is 39.3. The van der Waals surface area contributed by atoms with Gasteiger partial charge in [-0.15, -0.1) is 0 Å². The van der Waals surface area contributed by atoms with Crippen LogP contribution in [0.15, 0.2) is 0 Å². The maximum Gasteiger partial charge on any atom is 0.410 e. The van der Waals surface area contributed by atoms with Crippen LogP contribution in [0.2, 0.25) is 0 Å². The molecule has 0 aromatic rings. The largest absolute Gasteiger partial charge is 0.463 e. The van der Waals surface area contributed by atoms with Crippen LogP contribution < -0.4 is 0 Å². The summed E-state index contributed by atoms with van der Waals surface area (Å²) in [7, 11) is 4.05. The molecule has 1 unspecified atom stereocenters. The molecule has 0 bridgehead atoms. The van der Waals surface area contributed by atoms with E-state index in [4.69, 9.17) is 18.9 Å². The maximum atomic E-state index is 13.8. The molecule has 0 aromatic carbocycles. The summed E-state index contributed by atoms with van der Waals surface area (Å²) in [4.78, 5) is 55.7. The van der Waals surface area contributed by atoms with Gasteiger partial charge in [-0.3, -0.25) is 14.4 Å². The van der Waals surface area contributed by atoms with E-state index in [2.05, 4.69) is 32.6 Å². The second-order valence-corrected chi connectivity index (χ2v) is 20.5. The molecule has 68 heavy (non-hydrogen) atoms. The van der Waals surface area contributed by atoms with Gasteiger partial charge in [0.15, 0.2) is 0 Å². The summed E-state index contributed by atoms with van der Waals surface area (Å²) < 4.78 is 23.8. The first-order valence-electron chi connectivity index (χ1n) is 29.2. The molecule has 0 fully saturated rings. The van der Waals surface area contributed by atoms with Gasteiger partial charge in [0.2, 0.25) is 0 Å². The Bertz CT molecular complexity index is 1090. The molecule has 1 amide bonds. The maximum absolute atomic E-state index is 13.8. The van der Waals surface area contributed by atoms with Crippen LogP contribution in [0.1, 0.15) is 292 Å². The Labute approximate surface area is 420 Å². The van der Waals surface area contributed by atoms with E-state index in [0.717, 1.165) is 161 Å². The molecular formula is C58H112N2O8. The second kappa shape index (κ2) is 48.3. The summed E-state index contributed by atoms with van der Waals surface area (Å²) in [5.41, 5.74) is 0. The molecule has 0 radical (unpaired) electrons. The fourth-order valence-electron chi connectivity index (χ4n) is 8.85. The number of ether oxygens (including phenoxy) is 4. The lowest BCUT2D eigenvalue weighted by atomic mass is 10.0. The molecule has 0 heterocycles. The Morgan fingerprint density at radius 3 is 1.03 bits per heavy atom. The van der Waals surface area contributed by atoms with Crippen LogP contribution >= 0.6 is 0 Å². The number of hydrogen-bond donors (Lipinski definition) is 0. The number of amides is 1. The third-order valence-electron chi connectivity index (χ3n) is 13.5. The van der Waals surface area contributed by atoms with Crippen LogP contribution in [0, 0.1) is 0 Å². The zero-order chi connectivity index (χ0) is 50.3. The summed E-state index contributed by atoms with van der Waals surface area (Å²) in [5, 5.41) is 0. The van der Waals surface area contributed by atoms with Gasteiger partial charge in [-0.2, -0.15) is 0 Å². The van der Waals surface area contributed by atoms with Crippen LogP contribution in [-0.2, 0) is 33.3 Å². The van der Waals surface area contributed by atoms with Crippen molar-refractivity contribution in [1.82, 2.24) is 9.80 Å². The quantitative estimate of drug-likeness (QED) is 0.0334. The van der Waals surface area contributed by atoms with E-state index < -0.39 is 0 Å². The standard InChI is InChI=1S/C58H112N2O8/c1-9-14-18-30-39-52(40-31-19-15-10-2)66-55(61)45-36-28-24-22-26-34-43-54(68-58(64)60(49-38-48-59(7)8)50-47-57(63)65-51(6)13-5)44-35-27-23-25-29-37-46-56(62)67-53(41-32-20-16-11-3)42-33-21-17-12-4/h51-54H,9-50H2,1-8H3. The van der Waals surface area contributed by atoms with Crippen LogP contribution in [0.25, 0.3) is 0 Å². The van der Waals surface area contributed by atoms with Crippen molar-refractivity contribution in [2.24, 2.45) is 0 Å². The highest BCUT2D eigenvalue weighted by atomic mass is 16.6. The smallest absolute Gasteiger partial charge is 0.410 e. The van der Waals surface area contributed by atoms with Gasteiger partial charge in [0, 0.05) is 25.9 Å². The number of rotatable bonds is 50. The predicted octanol–water partition coefficient (Wildman–Crippen LogP) is 16.4. The molecule has 1 atom stereocenters. The minimum Gasteiger partial charge on any atom is -0.463 e. The molecule has 0 aliphatic rings.